The fraction of sp³-hybridized carbons (Fsp3) is 0.750. The molecule has 0 radical (unpaired) electrons. The number of nitrogens with one attached hydrogen (secondary N) is 1. The van der Waals surface area contributed by atoms with Crippen molar-refractivity contribution >= 4 is 18.0 Å². The van der Waals surface area contributed by atoms with Gasteiger partial charge in [-0.05, 0) is 19.3 Å². The van der Waals surface area contributed by atoms with E-state index in [1.165, 1.54) is 11.9 Å². The second kappa shape index (κ2) is 7.68. The highest BCUT2D eigenvalue weighted by atomic mass is 16.5. The van der Waals surface area contributed by atoms with Gasteiger partial charge in [0.15, 0.2) is 0 Å². The van der Waals surface area contributed by atoms with E-state index < -0.39 is 30.4 Å². The van der Waals surface area contributed by atoms with Crippen molar-refractivity contribution in [1.82, 2.24) is 10.2 Å². The number of nitrogens with zero attached hydrogens (tertiary/aromatic N) is 1. The molecule has 8 heteroatoms. The lowest BCUT2D eigenvalue weighted by molar-refractivity contribution is -0.145. The van der Waals surface area contributed by atoms with Crippen molar-refractivity contribution < 1.29 is 29.3 Å². The first-order chi connectivity index (χ1) is 9.40. The van der Waals surface area contributed by atoms with E-state index in [0.717, 1.165) is 19.3 Å². The second-order valence-electron chi connectivity index (χ2n) is 4.81. The lowest BCUT2D eigenvalue weighted by atomic mass is 10.1. The topological polar surface area (TPSA) is 116 Å². The average molecular weight is 288 g/mol. The number of carboxylic acid groups (broad SMARTS) is 2. The van der Waals surface area contributed by atoms with Crippen molar-refractivity contribution in [3.05, 3.63) is 0 Å². The number of likely N-dealkylation sites (N-methyl/N-ethyl adjacent to an activating group) is 1. The summed E-state index contributed by atoms with van der Waals surface area (Å²) in [5.74, 6) is -2.65. The molecule has 0 spiro atoms. The van der Waals surface area contributed by atoms with Crippen molar-refractivity contribution in [3.63, 3.8) is 0 Å². The van der Waals surface area contributed by atoms with Gasteiger partial charge in [0.25, 0.3) is 0 Å². The van der Waals surface area contributed by atoms with Crippen LogP contribution in [0.5, 0.6) is 0 Å². The minimum absolute atomic E-state index is 0.0535. The fourth-order valence-electron chi connectivity index (χ4n) is 1.97. The standard InChI is InChI=1S/C12H20N2O6/c1-14(7-8-4-2-3-5-20-8)12(19)13-9(11(17)18)6-10(15)16/h8-9H,2-7H2,1H3,(H,13,19)(H,15,16)(H,17,18)/t8?,9-/m0/s1. The number of amides is 2. The molecule has 0 bridgehead atoms. The maximum atomic E-state index is 11.8. The van der Waals surface area contributed by atoms with Crippen molar-refractivity contribution in [3.8, 4) is 0 Å². The van der Waals surface area contributed by atoms with Crippen molar-refractivity contribution in [2.45, 2.75) is 37.8 Å². The third-order valence-corrected chi connectivity index (χ3v) is 3.07. The van der Waals surface area contributed by atoms with E-state index >= 15 is 0 Å². The van der Waals surface area contributed by atoms with E-state index in [0.29, 0.717) is 13.2 Å². The Labute approximate surface area is 116 Å². The van der Waals surface area contributed by atoms with Crippen LogP contribution in [0.2, 0.25) is 0 Å². The summed E-state index contributed by atoms with van der Waals surface area (Å²) >= 11 is 0. The molecule has 0 aliphatic carbocycles. The lowest BCUT2D eigenvalue weighted by Gasteiger charge is -2.28. The Bertz CT molecular complexity index is 367. The average Bonchev–Trinajstić information content (AvgIpc) is 2.38. The molecular weight excluding hydrogens is 268 g/mol. The van der Waals surface area contributed by atoms with Crippen LogP contribution in [0.25, 0.3) is 0 Å². The molecule has 1 fully saturated rings. The number of hydrogen-bond donors (Lipinski definition) is 3. The summed E-state index contributed by atoms with van der Waals surface area (Å²) in [6, 6.07) is -2.05. The van der Waals surface area contributed by atoms with E-state index in [9.17, 15) is 14.4 Å². The third-order valence-electron chi connectivity index (χ3n) is 3.07. The SMILES string of the molecule is CN(CC1CCCCO1)C(=O)N[C@@H](CC(=O)O)C(=O)O. The fourth-order valence-corrected chi connectivity index (χ4v) is 1.97. The van der Waals surface area contributed by atoms with E-state index in [1.807, 2.05) is 0 Å². The summed E-state index contributed by atoms with van der Waals surface area (Å²) in [5, 5.41) is 19.6. The van der Waals surface area contributed by atoms with Gasteiger partial charge in [-0.25, -0.2) is 9.59 Å². The third kappa shape index (κ3) is 5.43. The molecule has 1 saturated heterocycles. The van der Waals surface area contributed by atoms with Crippen LogP contribution in [0.1, 0.15) is 25.7 Å². The molecule has 1 aliphatic rings. The Morgan fingerprint density at radius 3 is 2.55 bits per heavy atom. The number of hydrogen-bond acceptors (Lipinski definition) is 4. The summed E-state index contributed by atoms with van der Waals surface area (Å²) in [4.78, 5) is 34.5. The minimum atomic E-state index is -1.44. The maximum absolute atomic E-state index is 11.8. The Hall–Kier alpha value is -1.83. The predicted molar refractivity (Wildman–Crippen MR) is 68.4 cm³/mol. The van der Waals surface area contributed by atoms with Gasteiger partial charge in [0.05, 0.1) is 12.5 Å². The van der Waals surface area contributed by atoms with Gasteiger partial charge in [-0.1, -0.05) is 0 Å². The summed E-state index contributed by atoms with van der Waals surface area (Å²) in [6.07, 6.45) is 2.19. The lowest BCUT2D eigenvalue weighted by Crippen LogP contribution is -2.49. The molecular formula is C12H20N2O6. The van der Waals surface area contributed by atoms with Gasteiger partial charge in [-0.15, -0.1) is 0 Å². The number of carbonyl (C=O) groups excluding carboxylic acids is 1. The zero-order chi connectivity index (χ0) is 15.1. The zero-order valence-corrected chi connectivity index (χ0v) is 11.4. The highest BCUT2D eigenvalue weighted by Crippen LogP contribution is 2.13. The predicted octanol–water partition coefficient (Wildman–Crippen LogP) is 0.125. The molecule has 20 heavy (non-hydrogen) atoms. The van der Waals surface area contributed by atoms with Crippen LogP contribution in [-0.4, -0.2) is 65.4 Å². The Morgan fingerprint density at radius 2 is 2.05 bits per heavy atom. The summed E-state index contributed by atoms with van der Waals surface area (Å²) in [5.41, 5.74) is 0. The highest BCUT2D eigenvalue weighted by molar-refractivity contribution is 5.86. The van der Waals surface area contributed by atoms with Gasteiger partial charge in [-0.2, -0.15) is 0 Å². The van der Waals surface area contributed by atoms with Crippen LogP contribution < -0.4 is 5.32 Å². The number of rotatable bonds is 6. The first kappa shape index (κ1) is 16.2. The monoisotopic (exact) mass is 288 g/mol. The molecule has 114 valence electrons. The van der Waals surface area contributed by atoms with Crippen LogP contribution in [0.15, 0.2) is 0 Å². The summed E-state index contributed by atoms with van der Waals surface area (Å²) in [7, 11) is 1.52. The van der Waals surface area contributed by atoms with E-state index in [4.69, 9.17) is 14.9 Å². The van der Waals surface area contributed by atoms with Crippen LogP contribution in [0.4, 0.5) is 4.79 Å². The molecule has 2 amide bonds. The van der Waals surface area contributed by atoms with Gasteiger partial charge in [-0.3, -0.25) is 4.79 Å². The van der Waals surface area contributed by atoms with Gasteiger partial charge >= 0.3 is 18.0 Å². The van der Waals surface area contributed by atoms with Crippen molar-refractivity contribution in [1.29, 1.82) is 0 Å². The molecule has 2 atom stereocenters. The Kier molecular flexibility index (Phi) is 6.23. The zero-order valence-electron chi connectivity index (χ0n) is 11.4. The summed E-state index contributed by atoms with van der Waals surface area (Å²) < 4.78 is 5.48. The number of carbonyl (C=O) groups is 3. The van der Waals surface area contributed by atoms with Crippen molar-refractivity contribution in [2.24, 2.45) is 0 Å². The first-order valence-electron chi connectivity index (χ1n) is 6.48. The molecule has 1 unspecified atom stereocenters. The van der Waals surface area contributed by atoms with Gasteiger partial charge in [0, 0.05) is 20.2 Å². The first-order valence-corrected chi connectivity index (χ1v) is 6.48. The smallest absolute Gasteiger partial charge is 0.326 e. The maximum Gasteiger partial charge on any atom is 0.326 e. The molecule has 1 aliphatic heterocycles. The molecule has 0 saturated carbocycles. The van der Waals surface area contributed by atoms with E-state index in [-0.39, 0.29) is 6.10 Å². The number of aliphatic carboxylic acids is 2. The van der Waals surface area contributed by atoms with Crippen LogP contribution in [-0.2, 0) is 14.3 Å². The number of carboxylic acids is 2. The Balaban J connectivity index is 2.45. The number of ether oxygens (including phenoxy) is 1. The van der Waals surface area contributed by atoms with E-state index in [2.05, 4.69) is 5.32 Å². The summed E-state index contributed by atoms with van der Waals surface area (Å²) in [6.45, 7) is 1.02. The van der Waals surface area contributed by atoms with E-state index in [1.54, 1.807) is 0 Å². The molecule has 1 rings (SSSR count). The highest BCUT2D eigenvalue weighted by Gasteiger charge is 2.25. The molecule has 1 heterocycles. The molecule has 3 N–H and O–H groups in total. The quantitative estimate of drug-likeness (QED) is 0.639. The molecule has 0 aromatic heterocycles. The molecule has 0 aromatic carbocycles. The Morgan fingerprint density at radius 1 is 1.35 bits per heavy atom. The van der Waals surface area contributed by atoms with Crippen LogP contribution in [0, 0.1) is 0 Å². The van der Waals surface area contributed by atoms with Gasteiger partial charge < -0.3 is 25.2 Å². The molecule has 8 nitrogen and oxygen atoms in total. The van der Waals surface area contributed by atoms with Crippen LogP contribution >= 0.6 is 0 Å². The normalized spacial score (nSPS) is 19.9. The van der Waals surface area contributed by atoms with Crippen molar-refractivity contribution in [2.75, 3.05) is 20.2 Å². The minimum Gasteiger partial charge on any atom is -0.481 e. The van der Waals surface area contributed by atoms with Gasteiger partial charge in [0.1, 0.15) is 6.04 Å². The number of urea groups is 1. The largest absolute Gasteiger partial charge is 0.481 e. The second-order valence-corrected chi connectivity index (χ2v) is 4.81. The van der Waals surface area contributed by atoms with Gasteiger partial charge in [0.2, 0.25) is 0 Å². The van der Waals surface area contributed by atoms with Crippen LogP contribution in [0.3, 0.4) is 0 Å². The molecule has 0 aromatic rings.